The van der Waals surface area contributed by atoms with E-state index >= 15 is 0 Å². The van der Waals surface area contributed by atoms with Gasteiger partial charge in [-0.25, -0.2) is 0 Å². The highest BCUT2D eigenvalue weighted by Gasteiger charge is 2.14. The molecule has 0 aliphatic rings. The van der Waals surface area contributed by atoms with Crippen molar-refractivity contribution >= 4 is 21.6 Å². The maximum Gasteiger partial charge on any atom is 0.144 e. The van der Waals surface area contributed by atoms with Gasteiger partial charge in [0.15, 0.2) is 0 Å². The van der Waals surface area contributed by atoms with Gasteiger partial charge in [0.05, 0.1) is 14.2 Å². The van der Waals surface area contributed by atoms with Gasteiger partial charge in [0.25, 0.3) is 0 Å². The molecule has 2 aromatic rings. The van der Waals surface area contributed by atoms with E-state index in [2.05, 4.69) is 33.4 Å². The molecular weight excluding hydrogens is 306 g/mol. The van der Waals surface area contributed by atoms with Gasteiger partial charge in [0, 0.05) is 18.3 Å². The lowest BCUT2D eigenvalue weighted by atomic mass is 10.0. The fraction of sp³-hybridized carbons (Fsp3) is 0.200. The molecule has 0 bridgehead atoms. The lowest BCUT2D eigenvalue weighted by molar-refractivity contribution is 0.390. The third-order valence-electron chi connectivity index (χ3n) is 2.95. The number of nitrogens with one attached hydrogen (secondary N) is 1. The summed E-state index contributed by atoms with van der Waals surface area (Å²) in [6.07, 6.45) is 0. The maximum absolute atomic E-state index is 5.50. The zero-order valence-electron chi connectivity index (χ0n) is 11.2. The second-order valence-corrected chi connectivity index (χ2v) is 4.79. The number of halogens is 1. The van der Waals surface area contributed by atoms with Crippen molar-refractivity contribution < 1.29 is 9.47 Å². The smallest absolute Gasteiger partial charge is 0.144 e. The molecule has 3 nitrogen and oxygen atoms in total. The lowest BCUT2D eigenvalue weighted by Gasteiger charge is -2.14. The number of ether oxygens (including phenoxy) is 2. The van der Waals surface area contributed by atoms with Gasteiger partial charge in [0.1, 0.15) is 16.0 Å². The number of rotatable bonds is 4. The minimum atomic E-state index is 0.755. The minimum absolute atomic E-state index is 0.755. The van der Waals surface area contributed by atoms with Gasteiger partial charge in [0.2, 0.25) is 0 Å². The molecule has 0 saturated heterocycles. The summed E-state index contributed by atoms with van der Waals surface area (Å²) in [4.78, 5) is 0. The van der Waals surface area contributed by atoms with Crippen LogP contribution in [0.1, 0.15) is 0 Å². The molecule has 0 amide bonds. The van der Waals surface area contributed by atoms with Gasteiger partial charge in [-0.1, -0.05) is 12.1 Å². The van der Waals surface area contributed by atoms with E-state index in [0.29, 0.717) is 0 Å². The number of hydrogen-bond donors (Lipinski definition) is 1. The van der Waals surface area contributed by atoms with E-state index < -0.39 is 0 Å². The number of anilines is 1. The molecule has 0 fully saturated rings. The molecule has 100 valence electrons. The SMILES string of the molecule is CNc1cccc(-c2ccc(OC)c(Br)c2OC)c1. The number of hydrogen-bond acceptors (Lipinski definition) is 3. The van der Waals surface area contributed by atoms with Crippen molar-refractivity contribution in [2.75, 3.05) is 26.6 Å². The molecule has 0 spiro atoms. The molecule has 2 aromatic carbocycles. The molecule has 1 N–H and O–H groups in total. The lowest BCUT2D eigenvalue weighted by Crippen LogP contribution is -1.94. The van der Waals surface area contributed by atoms with Gasteiger partial charge in [-0.3, -0.25) is 0 Å². The topological polar surface area (TPSA) is 30.5 Å². The summed E-state index contributed by atoms with van der Waals surface area (Å²) in [5.41, 5.74) is 3.17. The van der Waals surface area contributed by atoms with Crippen molar-refractivity contribution in [2.24, 2.45) is 0 Å². The summed E-state index contributed by atoms with van der Waals surface area (Å²) < 4.78 is 11.6. The third kappa shape index (κ3) is 2.68. The van der Waals surface area contributed by atoms with Crippen LogP contribution in [0.4, 0.5) is 5.69 Å². The van der Waals surface area contributed by atoms with E-state index in [4.69, 9.17) is 9.47 Å². The summed E-state index contributed by atoms with van der Waals surface area (Å²) in [5, 5.41) is 3.13. The van der Waals surface area contributed by atoms with Crippen LogP contribution in [-0.2, 0) is 0 Å². The molecule has 2 rings (SSSR count). The molecule has 4 heteroatoms. The molecule has 0 heterocycles. The highest BCUT2D eigenvalue weighted by Crippen LogP contribution is 2.42. The van der Waals surface area contributed by atoms with Crippen LogP contribution in [0.2, 0.25) is 0 Å². The predicted molar refractivity (Wildman–Crippen MR) is 82.2 cm³/mol. The van der Waals surface area contributed by atoms with Crippen LogP contribution in [-0.4, -0.2) is 21.3 Å². The molecule has 0 atom stereocenters. The van der Waals surface area contributed by atoms with Crippen molar-refractivity contribution in [3.05, 3.63) is 40.9 Å². The summed E-state index contributed by atoms with van der Waals surface area (Å²) in [6, 6.07) is 12.1. The van der Waals surface area contributed by atoms with Crippen molar-refractivity contribution in [3.63, 3.8) is 0 Å². The Balaban J connectivity index is 2.58. The average molecular weight is 322 g/mol. The molecule has 0 unspecified atom stereocenters. The summed E-state index contributed by atoms with van der Waals surface area (Å²) >= 11 is 3.52. The van der Waals surface area contributed by atoms with Crippen molar-refractivity contribution in [1.29, 1.82) is 0 Å². The van der Waals surface area contributed by atoms with Gasteiger partial charge >= 0.3 is 0 Å². The molecule has 0 aliphatic heterocycles. The van der Waals surface area contributed by atoms with Crippen LogP contribution in [0.3, 0.4) is 0 Å². The second kappa shape index (κ2) is 5.97. The highest BCUT2D eigenvalue weighted by atomic mass is 79.9. The summed E-state index contributed by atoms with van der Waals surface area (Å²) in [7, 11) is 5.20. The van der Waals surface area contributed by atoms with Gasteiger partial charge in [-0.2, -0.15) is 0 Å². The van der Waals surface area contributed by atoms with E-state index in [-0.39, 0.29) is 0 Å². The first-order valence-electron chi connectivity index (χ1n) is 5.90. The second-order valence-electron chi connectivity index (χ2n) is 3.99. The molecule has 19 heavy (non-hydrogen) atoms. The largest absolute Gasteiger partial charge is 0.495 e. The van der Waals surface area contributed by atoms with E-state index in [1.807, 2.05) is 31.3 Å². The average Bonchev–Trinajstić information content (AvgIpc) is 2.47. The van der Waals surface area contributed by atoms with E-state index in [1.165, 1.54) is 0 Å². The Morgan fingerprint density at radius 3 is 2.47 bits per heavy atom. The molecule has 0 aromatic heterocycles. The first kappa shape index (κ1) is 13.7. The van der Waals surface area contributed by atoms with Gasteiger partial charge in [-0.15, -0.1) is 0 Å². The maximum atomic E-state index is 5.50. The zero-order valence-corrected chi connectivity index (χ0v) is 12.7. The predicted octanol–water partition coefficient (Wildman–Crippen LogP) is 4.18. The Labute approximate surface area is 121 Å². The van der Waals surface area contributed by atoms with Crippen molar-refractivity contribution in [2.45, 2.75) is 0 Å². The Kier molecular flexibility index (Phi) is 4.32. The summed E-state index contributed by atoms with van der Waals surface area (Å²) in [6.45, 7) is 0. The highest BCUT2D eigenvalue weighted by molar-refractivity contribution is 9.10. The minimum Gasteiger partial charge on any atom is -0.495 e. The Morgan fingerprint density at radius 2 is 1.84 bits per heavy atom. The van der Waals surface area contributed by atoms with Crippen LogP contribution in [0.25, 0.3) is 11.1 Å². The molecule has 0 radical (unpaired) electrons. The monoisotopic (exact) mass is 321 g/mol. The van der Waals surface area contributed by atoms with E-state index in [0.717, 1.165) is 32.8 Å². The number of methoxy groups -OCH3 is 2. The fourth-order valence-corrected chi connectivity index (χ4v) is 2.63. The van der Waals surface area contributed by atoms with Crippen molar-refractivity contribution in [1.82, 2.24) is 0 Å². The Bertz CT molecular complexity index is 584. The molecule has 0 saturated carbocycles. The van der Waals surface area contributed by atoms with Crippen LogP contribution in [0, 0.1) is 0 Å². The number of benzene rings is 2. The van der Waals surface area contributed by atoms with E-state index in [9.17, 15) is 0 Å². The zero-order chi connectivity index (χ0) is 13.8. The van der Waals surface area contributed by atoms with Gasteiger partial charge in [-0.05, 0) is 45.8 Å². The van der Waals surface area contributed by atoms with Crippen LogP contribution in [0.15, 0.2) is 40.9 Å². The first-order chi connectivity index (χ1) is 9.21. The standard InChI is InChI=1S/C15H16BrNO2/c1-17-11-6-4-5-10(9-11)12-7-8-13(18-2)14(16)15(12)19-3/h4-9,17H,1-3H3. The normalized spacial score (nSPS) is 10.1. The fourth-order valence-electron chi connectivity index (χ4n) is 1.96. The third-order valence-corrected chi connectivity index (χ3v) is 3.70. The molecule has 0 aliphatic carbocycles. The molecular formula is C15H16BrNO2. The van der Waals surface area contributed by atoms with Crippen LogP contribution >= 0.6 is 15.9 Å². The van der Waals surface area contributed by atoms with E-state index in [1.54, 1.807) is 14.2 Å². The summed E-state index contributed by atoms with van der Waals surface area (Å²) in [5.74, 6) is 1.53. The Morgan fingerprint density at radius 1 is 1.05 bits per heavy atom. The van der Waals surface area contributed by atoms with Gasteiger partial charge < -0.3 is 14.8 Å². The van der Waals surface area contributed by atoms with Crippen LogP contribution in [0.5, 0.6) is 11.5 Å². The van der Waals surface area contributed by atoms with Crippen molar-refractivity contribution in [3.8, 4) is 22.6 Å². The first-order valence-corrected chi connectivity index (χ1v) is 6.69. The van der Waals surface area contributed by atoms with Crippen LogP contribution < -0.4 is 14.8 Å². The Hall–Kier alpha value is -1.68. The quantitative estimate of drug-likeness (QED) is 0.916.